The number of nitrogens with one attached hydrogen (secondary N) is 3. The van der Waals surface area contributed by atoms with Crippen molar-refractivity contribution in [1.82, 2.24) is 4.98 Å². The number of anilines is 2. The van der Waals surface area contributed by atoms with E-state index in [-0.39, 0.29) is 37.6 Å². The summed E-state index contributed by atoms with van der Waals surface area (Å²) < 4.78 is 40.3. The second-order valence-electron chi connectivity index (χ2n) is 9.77. The number of rotatable bonds is 6. The quantitative estimate of drug-likeness (QED) is 0.217. The SMILES string of the molecule is CC(C)(C)OC(=O)Nc1ccc(-c2ccc(F)cc2)cc1NC(=O)c1ccc(S(=N)(=O)c2cncc(Cl)c2)cc1. The minimum Gasteiger partial charge on any atom is -0.444 e. The predicted molar refractivity (Wildman–Crippen MR) is 153 cm³/mol. The molecular formula is C29H26ClFN4O4S. The van der Waals surface area contributed by atoms with Gasteiger partial charge in [0, 0.05) is 18.0 Å². The predicted octanol–water partition coefficient (Wildman–Crippen LogP) is 7.61. The van der Waals surface area contributed by atoms with Crippen LogP contribution in [0.15, 0.2) is 95.0 Å². The van der Waals surface area contributed by atoms with Crippen LogP contribution in [0, 0.1) is 10.6 Å². The van der Waals surface area contributed by atoms with Gasteiger partial charge in [0.15, 0.2) is 0 Å². The Kier molecular flexibility index (Phi) is 8.22. The number of aromatic nitrogens is 1. The molecule has 0 fully saturated rings. The van der Waals surface area contributed by atoms with Crippen molar-refractivity contribution in [3.63, 3.8) is 0 Å². The molecule has 0 saturated carbocycles. The number of carbonyl (C=O) groups excluding carboxylic acids is 2. The molecule has 1 atom stereocenters. The lowest BCUT2D eigenvalue weighted by Gasteiger charge is -2.21. The molecule has 4 rings (SSSR count). The highest BCUT2D eigenvalue weighted by Gasteiger charge is 2.20. The summed E-state index contributed by atoms with van der Waals surface area (Å²) in [6.07, 6.45) is 1.99. The second-order valence-corrected chi connectivity index (χ2v) is 12.3. The van der Waals surface area contributed by atoms with Crippen molar-refractivity contribution < 1.29 is 22.9 Å². The highest BCUT2D eigenvalue weighted by atomic mass is 35.5. The summed E-state index contributed by atoms with van der Waals surface area (Å²) >= 11 is 5.94. The van der Waals surface area contributed by atoms with Crippen LogP contribution in [0.25, 0.3) is 11.1 Å². The Morgan fingerprint density at radius 1 is 0.875 bits per heavy atom. The Morgan fingerprint density at radius 3 is 2.15 bits per heavy atom. The minimum absolute atomic E-state index is 0.146. The summed E-state index contributed by atoms with van der Waals surface area (Å²) in [5, 5.41) is 5.69. The third-order valence-electron chi connectivity index (χ3n) is 5.54. The fourth-order valence-electron chi connectivity index (χ4n) is 3.67. The van der Waals surface area contributed by atoms with Crippen molar-refractivity contribution in [2.45, 2.75) is 36.2 Å². The Hall–Kier alpha value is -4.28. The summed E-state index contributed by atoms with van der Waals surface area (Å²) in [5.41, 5.74) is 1.42. The van der Waals surface area contributed by atoms with Crippen LogP contribution >= 0.6 is 11.6 Å². The van der Waals surface area contributed by atoms with E-state index >= 15 is 0 Å². The number of hydrogen-bond acceptors (Lipinski definition) is 6. The lowest BCUT2D eigenvalue weighted by atomic mass is 10.0. The molecule has 1 aromatic heterocycles. The Labute approximate surface area is 236 Å². The number of ether oxygens (including phenoxy) is 1. The van der Waals surface area contributed by atoms with Gasteiger partial charge in [-0.05, 0) is 86.5 Å². The monoisotopic (exact) mass is 580 g/mol. The summed E-state index contributed by atoms with van der Waals surface area (Å²) in [7, 11) is -3.40. The van der Waals surface area contributed by atoms with Crippen LogP contribution in [0.5, 0.6) is 0 Å². The number of carbonyl (C=O) groups is 2. The van der Waals surface area contributed by atoms with Crippen LogP contribution < -0.4 is 10.6 Å². The zero-order chi connectivity index (χ0) is 29.1. The number of nitrogens with zero attached hydrogens (tertiary/aromatic N) is 1. The summed E-state index contributed by atoms with van der Waals surface area (Å²) in [6.45, 7) is 5.19. The molecular weight excluding hydrogens is 555 g/mol. The van der Waals surface area contributed by atoms with E-state index in [1.165, 1.54) is 54.9 Å². The van der Waals surface area contributed by atoms with Crippen molar-refractivity contribution in [3.05, 3.63) is 102 Å². The molecule has 3 N–H and O–H groups in total. The van der Waals surface area contributed by atoms with Gasteiger partial charge < -0.3 is 10.1 Å². The molecule has 40 heavy (non-hydrogen) atoms. The first-order valence-electron chi connectivity index (χ1n) is 12.0. The first kappa shape index (κ1) is 28.7. The molecule has 2 amide bonds. The van der Waals surface area contributed by atoms with Gasteiger partial charge in [-0.1, -0.05) is 29.8 Å². The number of benzene rings is 3. The number of pyridine rings is 1. The van der Waals surface area contributed by atoms with Crippen LogP contribution in [-0.4, -0.2) is 26.8 Å². The molecule has 0 aliphatic carbocycles. The van der Waals surface area contributed by atoms with E-state index in [2.05, 4.69) is 15.6 Å². The lowest BCUT2D eigenvalue weighted by molar-refractivity contribution is 0.0635. The van der Waals surface area contributed by atoms with Gasteiger partial charge in [-0.15, -0.1) is 0 Å². The van der Waals surface area contributed by atoms with Gasteiger partial charge in [0.25, 0.3) is 5.91 Å². The molecule has 8 nitrogen and oxygen atoms in total. The van der Waals surface area contributed by atoms with Crippen molar-refractivity contribution in [2.24, 2.45) is 0 Å². The Balaban J connectivity index is 1.62. The van der Waals surface area contributed by atoms with E-state index in [0.717, 1.165) is 0 Å². The highest BCUT2D eigenvalue weighted by molar-refractivity contribution is 7.92. The first-order chi connectivity index (χ1) is 18.8. The lowest BCUT2D eigenvalue weighted by Crippen LogP contribution is -2.27. The largest absolute Gasteiger partial charge is 0.444 e. The van der Waals surface area contributed by atoms with E-state index in [1.54, 1.807) is 51.1 Å². The molecule has 0 radical (unpaired) electrons. The van der Waals surface area contributed by atoms with Gasteiger partial charge in [0.05, 0.1) is 26.2 Å². The van der Waals surface area contributed by atoms with Gasteiger partial charge in [0.1, 0.15) is 21.1 Å². The van der Waals surface area contributed by atoms with Crippen molar-refractivity contribution in [2.75, 3.05) is 10.6 Å². The maximum atomic E-state index is 13.4. The van der Waals surface area contributed by atoms with Gasteiger partial charge >= 0.3 is 6.09 Å². The van der Waals surface area contributed by atoms with E-state index in [0.29, 0.717) is 11.1 Å². The molecule has 1 unspecified atom stereocenters. The third kappa shape index (κ3) is 7.02. The number of amides is 2. The standard InChI is InChI=1S/C29H26ClFN4O4S/c1-29(2,3)39-28(37)35-25-13-8-20(18-4-9-22(31)10-5-18)14-26(25)34-27(36)19-6-11-23(12-7-19)40(32,38)24-15-21(30)16-33-17-24/h4-17,32H,1-3H3,(H,34,36)(H,35,37). The molecule has 0 saturated heterocycles. The van der Waals surface area contributed by atoms with Crippen LogP contribution in [0.3, 0.4) is 0 Å². The van der Waals surface area contributed by atoms with E-state index in [4.69, 9.17) is 21.1 Å². The molecule has 1 heterocycles. The van der Waals surface area contributed by atoms with E-state index in [1.807, 2.05) is 0 Å². The summed E-state index contributed by atoms with van der Waals surface area (Å²) in [6, 6.07) is 18.0. The van der Waals surface area contributed by atoms with Crippen LogP contribution in [0.1, 0.15) is 31.1 Å². The van der Waals surface area contributed by atoms with Crippen molar-refractivity contribution in [1.29, 1.82) is 4.78 Å². The molecule has 0 aliphatic rings. The highest BCUT2D eigenvalue weighted by Crippen LogP contribution is 2.31. The first-order valence-corrected chi connectivity index (χ1v) is 14.0. The van der Waals surface area contributed by atoms with Gasteiger partial charge in [0.2, 0.25) is 0 Å². The maximum Gasteiger partial charge on any atom is 0.412 e. The Morgan fingerprint density at radius 2 is 1.52 bits per heavy atom. The minimum atomic E-state index is -3.40. The van der Waals surface area contributed by atoms with Crippen LogP contribution in [0.4, 0.5) is 20.6 Å². The van der Waals surface area contributed by atoms with Gasteiger partial charge in [-0.25, -0.2) is 18.2 Å². The maximum absolute atomic E-state index is 13.4. The summed E-state index contributed by atoms with van der Waals surface area (Å²) in [5.74, 6) is -0.900. The van der Waals surface area contributed by atoms with Crippen molar-refractivity contribution >= 4 is 44.7 Å². The fourth-order valence-corrected chi connectivity index (χ4v) is 5.20. The molecule has 206 valence electrons. The van der Waals surface area contributed by atoms with Gasteiger partial charge in [-0.3, -0.25) is 15.1 Å². The normalized spacial score (nSPS) is 12.7. The topological polar surface area (TPSA) is 121 Å². The molecule has 3 aromatic carbocycles. The Bertz CT molecular complexity index is 1670. The zero-order valence-electron chi connectivity index (χ0n) is 21.8. The number of halogens is 2. The average Bonchev–Trinajstić information content (AvgIpc) is 2.89. The molecule has 0 bridgehead atoms. The molecule has 0 aliphatic heterocycles. The molecule has 0 spiro atoms. The van der Waals surface area contributed by atoms with Crippen LogP contribution in [0.2, 0.25) is 5.02 Å². The van der Waals surface area contributed by atoms with E-state index < -0.39 is 27.3 Å². The fraction of sp³-hybridized carbons (Fsp3) is 0.138. The smallest absolute Gasteiger partial charge is 0.412 e. The second kappa shape index (κ2) is 11.4. The average molecular weight is 581 g/mol. The van der Waals surface area contributed by atoms with Crippen LogP contribution in [-0.2, 0) is 14.5 Å². The summed E-state index contributed by atoms with van der Waals surface area (Å²) in [4.78, 5) is 29.9. The molecule has 4 aromatic rings. The third-order valence-corrected chi connectivity index (χ3v) is 7.57. The molecule has 11 heteroatoms. The number of hydrogen-bond donors (Lipinski definition) is 3. The van der Waals surface area contributed by atoms with Crippen molar-refractivity contribution in [3.8, 4) is 11.1 Å². The van der Waals surface area contributed by atoms with Gasteiger partial charge in [-0.2, -0.15) is 0 Å². The van der Waals surface area contributed by atoms with E-state index in [9.17, 15) is 18.2 Å². The zero-order valence-corrected chi connectivity index (χ0v) is 23.4.